The molecule has 2 aromatic heterocycles. The van der Waals surface area contributed by atoms with Crippen molar-refractivity contribution in [1.82, 2.24) is 19.7 Å². The van der Waals surface area contributed by atoms with Gasteiger partial charge in [0.25, 0.3) is 0 Å². The maximum absolute atomic E-state index is 6.15. The first-order valence-electron chi connectivity index (χ1n) is 7.48. The van der Waals surface area contributed by atoms with Crippen molar-refractivity contribution in [1.29, 1.82) is 0 Å². The molecular weight excluding hydrogens is 302 g/mol. The first-order valence-corrected chi connectivity index (χ1v) is 7.86. The van der Waals surface area contributed by atoms with Gasteiger partial charge in [-0.2, -0.15) is 5.10 Å². The van der Waals surface area contributed by atoms with Gasteiger partial charge in [0.15, 0.2) is 0 Å². The van der Waals surface area contributed by atoms with Crippen LogP contribution in [-0.4, -0.2) is 39.5 Å². The predicted molar refractivity (Wildman–Crippen MR) is 85.4 cm³/mol. The topological polar surface area (TPSA) is 64.9 Å². The second kappa shape index (κ2) is 6.62. The molecule has 6 nitrogen and oxygen atoms in total. The maximum atomic E-state index is 6.15. The van der Waals surface area contributed by atoms with E-state index in [4.69, 9.17) is 16.3 Å². The minimum atomic E-state index is 0.387. The Morgan fingerprint density at radius 1 is 1.41 bits per heavy atom. The van der Waals surface area contributed by atoms with Crippen molar-refractivity contribution in [2.75, 3.05) is 25.1 Å². The Balaban J connectivity index is 1.59. The average molecular weight is 322 g/mol. The first-order chi connectivity index (χ1) is 10.6. The van der Waals surface area contributed by atoms with Crippen LogP contribution in [0, 0.1) is 13.8 Å². The van der Waals surface area contributed by atoms with E-state index >= 15 is 0 Å². The van der Waals surface area contributed by atoms with Crippen LogP contribution in [0.25, 0.3) is 0 Å². The van der Waals surface area contributed by atoms with Crippen LogP contribution in [-0.2, 0) is 11.3 Å². The van der Waals surface area contributed by atoms with Crippen LogP contribution in [0.15, 0.2) is 12.4 Å². The van der Waals surface area contributed by atoms with Crippen LogP contribution >= 0.6 is 11.6 Å². The highest BCUT2D eigenvalue weighted by Gasteiger charge is 2.19. The molecule has 0 spiro atoms. The van der Waals surface area contributed by atoms with Crippen LogP contribution in [0.1, 0.15) is 29.4 Å². The Hall–Kier alpha value is -1.66. The quantitative estimate of drug-likeness (QED) is 0.917. The molecule has 0 amide bonds. The van der Waals surface area contributed by atoms with Gasteiger partial charge in [0.2, 0.25) is 0 Å². The smallest absolute Gasteiger partial charge is 0.129 e. The minimum absolute atomic E-state index is 0.387. The highest BCUT2D eigenvalue weighted by molar-refractivity contribution is 6.31. The molecule has 22 heavy (non-hydrogen) atoms. The van der Waals surface area contributed by atoms with Crippen LogP contribution < -0.4 is 5.32 Å². The largest absolute Gasteiger partial charge is 0.381 e. The first kappa shape index (κ1) is 15.2. The van der Waals surface area contributed by atoms with Gasteiger partial charge in [0.1, 0.15) is 12.1 Å². The molecular formula is C15H20ClN5O. The Bertz CT molecular complexity index is 651. The summed E-state index contributed by atoms with van der Waals surface area (Å²) in [4.78, 5) is 8.62. The Labute approximate surface area is 134 Å². The zero-order valence-electron chi connectivity index (χ0n) is 12.8. The van der Waals surface area contributed by atoms with E-state index in [0.29, 0.717) is 5.92 Å². The summed E-state index contributed by atoms with van der Waals surface area (Å²) >= 11 is 6.15. The molecule has 0 aromatic carbocycles. The molecule has 0 saturated carbocycles. The van der Waals surface area contributed by atoms with Gasteiger partial charge in [-0.3, -0.25) is 4.68 Å². The van der Waals surface area contributed by atoms with Crippen molar-refractivity contribution >= 4 is 17.4 Å². The highest BCUT2D eigenvalue weighted by Crippen LogP contribution is 2.24. The molecule has 1 fully saturated rings. The lowest BCUT2D eigenvalue weighted by atomic mass is 10.1. The molecule has 0 bridgehead atoms. The van der Waals surface area contributed by atoms with Crippen LogP contribution in [0.3, 0.4) is 0 Å². The van der Waals surface area contributed by atoms with Gasteiger partial charge < -0.3 is 10.1 Å². The number of nitrogens with one attached hydrogen (secondary N) is 1. The summed E-state index contributed by atoms with van der Waals surface area (Å²) in [5.74, 6) is 1.22. The number of hydrogen-bond donors (Lipinski definition) is 1. The molecule has 118 valence electrons. The third-order valence-electron chi connectivity index (χ3n) is 3.96. The molecule has 1 atom stereocenters. The summed E-state index contributed by atoms with van der Waals surface area (Å²) in [6, 6.07) is 2.01. The van der Waals surface area contributed by atoms with Crippen LogP contribution in [0.2, 0.25) is 5.02 Å². The molecule has 0 aliphatic carbocycles. The van der Waals surface area contributed by atoms with E-state index in [1.165, 1.54) is 0 Å². The van der Waals surface area contributed by atoms with Gasteiger partial charge >= 0.3 is 0 Å². The number of nitrogens with zero attached hydrogens (tertiary/aromatic N) is 4. The zero-order valence-corrected chi connectivity index (χ0v) is 13.6. The second-order valence-corrected chi connectivity index (χ2v) is 5.90. The summed E-state index contributed by atoms with van der Waals surface area (Å²) in [7, 11) is 0. The normalized spacial score (nSPS) is 17.9. The van der Waals surface area contributed by atoms with E-state index in [1.54, 1.807) is 6.33 Å². The number of aromatic nitrogens is 4. The molecule has 2 aromatic rings. The maximum Gasteiger partial charge on any atom is 0.129 e. The standard InChI is InChI=1S/C15H20ClN5O/c1-10-15(16)11(2)21(20-10)5-4-17-14-7-13(18-9-19-14)12-3-6-22-8-12/h7,9,12H,3-6,8H2,1-2H3,(H,17,18,19)/t12-/m1/s1. The van der Waals surface area contributed by atoms with Crippen molar-refractivity contribution in [3.63, 3.8) is 0 Å². The Morgan fingerprint density at radius 3 is 2.95 bits per heavy atom. The Morgan fingerprint density at radius 2 is 2.27 bits per heavy atom. The summed E-state index contributed by atoms with van der Waals surface area (Å²) in [6.45, 7) is 6.93. The van der Waals surface area contributed by atoms with E-state index < -0.39 is 0 Å². The van der Waals surface area contributed by atoms with E-state index in [2.05, 4.69) is 20.4 Å². The van der Waals surface area contributed by atoms with Gasteiger partial charge in [0, 0.05) is 25.1 Å². The Kier molecular flexibility index (Phi) is 4.59. The van der Waals surface area contributed by atoms with Gasteiger partial charge in [-0.15, -0.1) is 0 Å². The molecule has 1 N–H and O–H groups in total. The molecule has 1 aliphatic heterocycles. The average Bonchev–Trinajstić information content (AvgIpc) is 3.14. The van der Waals surface area contributed by atoms with Crippen LogP contribution in [0.5, 0.6) is 0 Å². The second-order valence-electron chi connectivity index (χ2n) is 5.52. The van der Waals surface area contributed by atoms with E-state index in [1.807, 2.05) is 24.6 Å². The fourth-order valence-corrected chi connectivity index (χ4v) is 2.78. The summed E-state index contributed by atoms with van der Waals surface area (Å²) in [5.41, 5.74) is 2.90. The van der Waals surface area contributed by atoms with Crippen molar-refractivity contribution in [3.8, 4) is 0 Å². The molecule has 0 radical (unpaired) electrons. The number of halogens is 1. The summed E-state index contributed by atoms with van der Waals surface area (Å²) < 4.78 is 7.33. The molecule has 1 saturated heterocycles. The molecule has 3 rings (SSSR count). The van der Waals surface area contributed by atoms with Gasteiger partial charge in [-0.25, -0.2) is 9.97 Å². The van der Waals surface area contributed by atoms with Crippen molar-refractivity contribution < 1.29 is 4.74 Å². The van der Waals surface area contributed by atoms with Crippen molar-refractivity contribution in [2.45, 2.75) is 32.7 Å². The van der Waals surface area contributed by atoms with Gasteiger partial charge in [-0.05, 0) is 20.3 Å². The third-order valence-corrected chi connectivity index (χ3v) is 4.51. The minimum Gasteiger partial charge on any atom is -0.381 e. The third kappa shape index (κ3) is 3.23. The predicted octanol–water partition coefficient (Wildman–Crippen LogP) is 2.56. The highest BCUT2D eigenvalue weighted by atomic mass is 35.5. The number of ether oxygens (including phenoxy) is 1. The lowest BCUT2D eigenvalue weighted by Crippen LogP contribution is -2.14. The molecule has 7 heteroatoms. The van der Waals surface area contributed by atoms with E-state index in [0.717, 1.165) is 60.6 Å². The summed E-state index contributed by atoms with van der Waals surface area (Å²) in [6.07, 6.45) is 2.64. The van der Waals surface area contributed by atoms with Crippen molar-refractivity contribution in [3.05, 3.63) is 34.5 Å². The fraction of sp³-hybridized carbons (Fsp3) is 0.533. The number of aryl methyl sites for hydroxylation is 1. The number of anilines is 1. The monoisotopic (exact) mass is 321 g/mol. The van der Waals surface area contributed by atoms with Gasteiger partial charge in [-0.1, -0.05) is 11.6 Å². The lowest BCUT2D eigenvalue weighted by molar-refractivity contribution is 0.193. The molecule has 0 unspecified atom stereocenters. The zero-order chi connectivity index (χ0) is 15.5. The number of hydrogen-bond acceptors (Lipinski definition) is 5. The van der Waals surface area contributed by atoms with E-state index in [9.17, 15) is 0 Å². The SMILES string of the molecule is Cc1nn(CCNc2cc([C@@H]3CCOC3)ncn2)c(C)c1Cl. The molecule has 3 heterocycles. The lowest BCUT2D eigenvalue weighted by Gasteiger charge is -2.10. The van der Waals surface area contributed by atoms with Crippen molar-refractivity contribution in [2.24, 2.45) is 0 Å². The number of rotatable bonds is 5. The van der Waals surface area contributed by atoms with Crippen LogP contribution in [0.4, 0.5) is 5.82 Å². The van der Waals surface area contributed by atoms with Gasteiger partial charge in [0.05, 0.1) is 35.3 Å². The summed E-state index contributed by atoms with van der Waals surface area (Å²) in [5, 5.41) is 8.48. The fourth-order valence-electron chi connectivity index (χ4n) is 2.64. The van der Waals surface area contributed by atoms with E-state index in [-0.39, 0.29) is 0 Å². The molecule has 1 aliphatic rings.